The zero-order valence-corrected chi connectivity index (χ0v) is 15.8. The molecule has 0 bridgehead atoms. The summed E-state index contributed by atoms with van der Waals surface area (Å²) in [6.45, 7) is 1.71. The first-order chi connectivity index (χ1) is 13.5. The summed E-state index contributed by atoms with van der Waals surface area (Å²) in [6.07, 6.45) is 2.89. The topological polar surface area (TPSA) is 75.2 Å². The van der Waals surface area contributed by atoms with E-state index >= 15 is 0 Å². The molecule has 1 aromatic heterocycles. The molecular formula is C21H23FN4O2. The standard InChI is InChI=1S/C21H23FN4O2/c1-14-23-11-9-18(24-14)26-17(22)13-21(20(26)28)10-5-8-16(12-21)25-19(27)15-6-3-2-4-7-15/h2-4,6-7,9,11,16-17H,5,8,10,12-13H2,1H3,(H,25,27)/t16-,17?,21-/m1/s1. The van der Waals surface area contributed by atoms with Crippen molar-refractivity contribution in [3.05, 3.63) is 54.0 Å². The lowest BCUT2D eigenvalue weighted by Crippen LogP contribution is -2.46. The van der Waals surface area contributed by atoms with Crippen LogP contribution in [-0.4, -0.2) is 34.1 Å². The van der Waals surface area contributed by atoms with Crippen molar-refractivity contribution in [3.63, 3.8) is 0 Å². The summed E-state index contributed by atoms with van der Waals surface area (Å²) in [5.41, 5.74) is -0.202. The number of rotatable bonds is 3. The number of nitrogens with one attached hydrogen (secondary N) is 1. The molecule has 3 atom stereocenters. The van der Waals surface area contributed by atoms with Gasteiger partial charge in [-0.2, -0.15) is 0 Å². The number of halogens is 1. The molecule has 1 aliphatic carbocycles. The maximum atomic E-state index is 14.9. The van der Waals surface area contributed by atoms with Crippen molar-refractivity contribution in [2.75, 3.05) is 4.90 Å². The molecule has 6 nitrogen and oxygen atoms in total. The summed E-state index contributed by atoms with van der Waals surface area (Å²) in [7, 11) is 0. The second-order valence-electron chi connectivity index (χ2n) is 7.69. The maximum absolute atomic E-state index is 14.9. The number of aryl methyl sites for hydroxylation is 1. The Kier molecular flexibility index (Phi) is 4.83. The number of carbonyl (C=O) groups excluding carboxylic acids is 2. The first-order valence-electron chi connectivity index (χ1n) is 9.62. The Balaban J connectivity index is 1.51. The van der Waals surface area contributed by atoms with Crippen LogP contribution in [0, 0.1) is 12.3 Å². The molecule has 1 aromatic carbocycles. The number of hydrogen-bond donors (Lipinski definition) is 1. The van der Waals surface area contributed by atoms with E-state index in [2.05, 4.69) is 15.3 Å². The number of anilines is 1. The van der Waals surface area contributed by atoms with Gasteiger partial charge in [-0.25, -0.2) is 14.4 Å². The van der Waals surface area contributed by atoms with Crippen LogP contribution in [-0.2, 0) is 4.79 Å². The van der Waals surface area contributed by atoms with Crippen molar-refractivity contribution in [2.45, 2.75) is 51.4 Å². The third-order valence-corrected chi connectivity index (χ3v) is 5.74. The van der Waals surface area contributed by atoms with Gasteiger partial charge in [-0.3, -0.25) is 14.5 Å². The quantitative estimate of drug-likeness (QED) is 0.828. The van der Waals surface area contributed by atoms with Crippen molar-refractivity contribution >= 4 is 17.6 Å². The Hall–Kier alpha value is -2.83. The van der Waals surface area contributed by atoms with Gasteiger partial charge in [0.1, 0.15) is 11.6 Å². The monoisotopic (exact) mass is 382 g/mol. The molecule has 1 spiro atoms. The third kappa shape index (κ3) is 3.37. The molecule has 1 saturated carbocycles. The van der Waals surface area contributed by atoms with Crippen molar-refractivity contribution < 1.29 is 14.0 Å². The summed E-state index contributed by atoms with van der Waals surface area (Å²) < 4.78 is 14.9. The molecule has 146 valence electrons. The van der Waals surface area contributed by atoms with Crippen molar-refractivity contribution in [1.29, 1.82) is 0 Å². The molecule has 1 unspecified atom stereocenters. The molecule has 1 N–H and O–H groups in total. The van der Waals surface area contributed by atoms with Gasteiger partial charge in [-0.05, 0) is 44.4 Å². The predicted molar refractivity (Wildman–Crippen MR) is 102 cm³/mol. The Morgan fingerprint density at radius 2 is 2.04 bits per heavy atom. The Bertz CT molecular complexity index is 891. The van der Waals surface area contributed by atoms with Crippen LogP contribution in [0.25, 0.3) is 0 Å². The second kappa shape index (κ2) is 7.30. The number of aromatic nitrogens is 2. The van der Waals surface area contributed by atoms with Gasteiger partial charge in [0.25, 0.3) is 5.91 Å². The number of amides is 2. The molecule has 2 fully saturated rings. The van der Waals surface area contributed by atoms with Crippen LogP contribution in [0.4, 0.5) is 10.2 Å². The number of hydrogen-bond acceptors (Lipinski definition) is 4. The van der Waals surface area contributed by atoms with Gasteiger partial charge in [0.05, 0.1) is 5.41 Å². The van der Waals surface area contributed by atoms with Crippen LogP contribution in [0.1, 0.15) is 48.3 Å². The van der Waals surface area contributed by atoms with Crippen LogP contribution in [0.15, 0.2) is 42.6 Å². The lowest BCUT2D eigenvalue weighted by Gasteiger charge is -2.36. The van der Waals surface area contributed by atoms with E-state index in [0.29, 0.717) is 30.0 Å². The van der Waals surface area contributed by atoms with Crippen LogP contribution >= 0.6 is 0 Å². The predicted octanol–water partition coefficient (Wildman–Crippen LogP) is 3.18. The normalized spacial score (nSPS) is 27.2. The smallest absolute Gasteiger partial charge is 0.251 e. The highest BCUT2D eigenvalue weighted by Gasteiger charge is 2.54. The Morgan fingerprint density at radius 1 is 1.25 bits per heavy atom. The number of nitrogens with zero attached hydrogens (tertiary/aromatic N) is 3. The number of benzene rings is 1. The van der Waals surface area contributed by atoms with Crippen LogP contribution in [0.5, 0.6) is 0 Å². The third-order valence-electron chi connectivity index (χ3n) is 5.74. The molecule has 4 rings (SSSR count). The minimum atomic E-state index is -1.41. The Morgan fingerprint density at radius 3 is 2.79 bits per heavy atom. The van der Waals surface area contributed by atoms with E-state index in [0.717, 1.165) is 17.7 Å². The molecule has 2 aliphatic rings. The van der Waals surface area contributed by atoms with Gasteiger partial charge in [-0.15, -0.1) is 0 Å². The molecule has 2 amide bonds. The van der Waals surface area contributed by atoms with Gasteiger partial charge in [0.2, 0.25) is 5.91 Å². The minimum Gasteiger partial charge on any atom is -0.349 e. The van der Waals surface area contributed by atoms with E-state index in [1.807, 2.05) is 18.2 Å². The van der Waals surface area contributed by atoms with Gasteiger partial charge in [0, 0.05) is 24.2 Å². The minimum absolute atomic E-state index is 0.132. The van der Waals surface area contributed by atoms with Crippen molar-refractivity contribution in [1.82, 2.24) is 15.3 Å². The van der Waals surface area contributed by atoms with Gasteiger partial charge >= 0.3 is 0 Å². The van der Waals surface area contributed by atoms with Crippen molar-refractivity contribution in [3.8, 4) is 0 Å². The molecule has 2 aromatic rings. The average Bonchev–Trinajstić information content (AvgIpc) is 2.91. The fourth-order valence-corrected chi connectivity index (χ4v) is 4.43. The summed E-state index contributed by atoms with van der Waals surface area (Å²) in [4.78, 5) is 35.1. The van der Waals surface area contributed by atoms with Crippen molar-refractivity contribution in [2.24, 2.45) is 5.41 Å². The Labute approximate surface area is 163 Å². The lowest BCUT2D eigenvalue weighted by molar-refractivity contribution is -0.127. The van der Waals surface area contributed by atoms with E-state index in [1.165, 1.54) is 6.20 Å². The molecule has 7 heteroatoms. The molecular weight excluding hydrogens is 359 g/mol. The summed E-state index contributed by atoms with van der Waals surface area (Å²) >= 11 is 0. The summed E-state index contributed by atoms with van der Waals surface area (Å²) in [6, 6.07) is 10.4. The summed E-state index contributed by atoms with van der Waals surface area (Å²) in [5.74, 6) is 0.400. The first kappa shape index (κ1) is 18.5. The van der Waals surface area contributed by atoms with Gasteiger partial charge in [-0.1, -0.05) is 24.6 Å². The highest BCUT2D eigenvalue weighted by atomic mass is 19.1. The fourth-order valence-electron chi connectivity index (χ4n) is 4.43. The average molecular weight is 382 g/mol. The second-order valence-corrected chi connectivity index (χ2v) is 7.69. The van der Waals surface area contributed by atoms with E-state index in [4.69, 9.17) is 0 Å². The molecule has 28 heavy (non-hydrogen) atoms. The summed E-state index contributed by atoms with van der Waals surface area (Å²) in [5, 5.41) is 3.03. The van der Waals surface area contributed by atoms with E-state index in [1.54, 1.807) is 25.1 Å². The number of alkyl halides is 1. The SMILES string of the molecule is Cc1nccc(N2C(=O)[C@@]3(CCC[C@@H](NC(=O)c4ccccc4)C3)CC2F)n1. The van der Waals surface area contributed by atoms with Gasteiger partial charge in [0.15, 0.2) is 6.30 Å². The van der Waals surface area contributed by atoms with Crippen LogP contribution in [0.2, 0.25) is 0 Å². The van der Waals surface area contributed by atoms with Crippen LogP contribution < -0.4 is 10.2 Å². The zero-order valence-electron chi connectivity index (χ0n) is 15.8. The number of carbonyl (C=O) groups is 2. The highest BCUT2D eigenvalue weighted by molar-refractivity contribution is 6.00. The van der Waals surface area contributed by atoms with Crippen LogP contribution in [0.3, 0.4) is 0 Å². The first-order valence-corrected chi connectivity index (χ1v) is 9.62. The largest absolute Gasteiger partial charge is 0.349 e. The molecule has 1 saturated heterocycles. The van der Waals surface area contributed by atoms with E-state index < -0.39 is 11.7 Å². The molecule has 0 radical (unpaired) electrons. The molecule has 2 heterocycles. The van der Waals surface area contributed by atoms with E-state index in [9.17, 15) is 14.0 Å². The van der Waals surface area contributed by atoms with E-state index in [-0.39, 0.29) is 24.3 Å². The maximum Gasteiger partial charge on any atom is 0.251 e. The fraction of sp³-hybridized carbons (Fsp3) is 0.429. The zero-order chi connectivity index (χ0) is 19.7. The van der Waals surface area contributed by atoms with Gasteiger partial charge < -0.3 is 5.32 Å². The lowest BCUT2D eigenvalue weighted by atomic mass is 9.71. The molecule has 1 aliphatic heterocycles. The highest BCUT2D eigenvalue weighted by Crippen LogP contribution is 2.48.